The second kappa shape index (κ2) is 7.69. The molecule has 10 heteroatoms. The van der Waals surface area contributed by atoms with Gasteiger partial charge in [-0.2, -0.15) is 10.2 Å². The first-order valence-corrected chi connectivity index (χ1v) is 9.37. The number of likely N-dealkylation sites (tertiary alicyclic amines) is 1. The van der Waals surface area contributed by atoms with Crippen LogP contribution in [0.15, 0.2) is 24.3 Å². The van der Waals surface area contributed by atoms with Crippen molar-refractivity contribution in [1.29, 1.82) is 0 Å². The van der Waals surface area contributed by atoms with Crippen LogP contribution in [0.1, 0.15) is 47.4 Å². The molecule has 29 heavy (non-hydrogen) atoms. The van der Waals surface area contributed by atoms with Gasteiger partial charge in [-0.25, -0.2) is 18.9 Å². The first-order chi connectivity index (χ1) is 14.0. The Morgan fingerprint density at radius 3 is 2.97 bits per heavy atom. The Morgan fingerprint density at radius 2 is 2.21 bits per heavy atom. The number of carbonyl (C=O) groups excluding carboxylic acids is 1. The lowest BCUT2D eigenvalue weighted by atomic mass is 10.1. The van der Waals surface area contributed by atoms with Crippen molar-refractivity contribution in [3.05, 3.63) is 46.9 Å². The number of hydrogen-bond acceptors (Lipinski definition) is 7. The smallest absolute Gasteiger partial charge is 0.341 e. The molecule has 0 spiro atoms. The minimum absolute atomic E-state index is 0.164. The van der Waals surface area contributed by atoms with Crippen molar-refractivity contribution in [3.8, 4) is 5.88 Å². The third-order valence-electron chi connectivity index (χ3n) is 5.09. The van der Waals surface area contributed by atoms with Crippen LogP contribution in [0.25, 0.3) is 6.08 Å². The van der Waals surface area contributed by atoms with Crippen LogP contribution >= 0.6 is 0 Å². The van der Waals surface area contributed by atoms with Gasteiger partial charge in [0, 0.05) is 18.2 Å². The van der Waals surface area contributed by atoms with Crippen molar-refractivity contribution in [2.75, 3.05) is 20.3 Å². The predicted octanol–water partition coefficient (Wildman–Crippen LogP) is 2.90. The number of rotatable bonds is 5. The van der Waals surface area contributed by atoms with Crippen LogP contribution in [0.3, 0.4) is 0 Å². The third-order valence-corrected chi connectivity index (χ3v) is 5.09. The van der Waals surface area contributed by atoms with E-state index in [2.05, 4.69) is 10.1 Å². The molecule has 4 heterocycles. The van der Waals surface area contributed by atoms with Crippen molar-refractivity contribution in [3.63, 3.8) is 0 Å². The molecule has 0 amide bonds. The fraction of sp³-hybridized carbons (Fsp3) is 0.421. The van der Waals surface area contributed by atoms with Gasteiger partial charge in [0.2, 0.25) is 5.88 Å². The first-order valence-electron chi connectivity index (χ1n) is 9.37. The molecule has 2 aromatic heterocycles. The van der Waals surface area contributed by atoms with E-state index in [0.29, 0.717) is 35.2 Å². The monoisotopic (exact) mass is 405 g/mol. The van der Waals surface area contributed by atoms with E-state index in [4.69, 9.17) is 9.47 Å². The second-order valence-electron chi connectivity index (χ2n) is 6.77. The lowest BCUT2D eigenvalue weighted by molar-refractivity contribution is -0.0137. The number of ether oxygens (including phenoxy) is 2. The average molecular weight is 405 g/mol. The van der Waals surface area contributed by atoms with Gasteiger partial charge in [-0.15, -0.1) is 0 Å². The van der Waals surface area contributed by atoms with Gasteiger partial charge < -0.3 is 14.4 Å². The summed E-state index contributed by atoms with van der Waals surface area (Å²) in [5.41, 5.74) is 1.31. The predicted molar refractivity (Wildman–Crippen MR) is 98.5 cm³/mol. The van der Waals surface area contributed by atoms with Crippen molar-refractivity contribution < 1.29 is 23.1 Å². The Morgan fingerprint density at radius 1 is 1.38 bits per heavy atom. The van der Waals surface area contributed by atoms with Gasteiger partial charge >= 0.3 is 5.97 Å². The van der Waals surface area contributed by atoms with Crippen LogP contribution in [0.5, 0.6) is 5.88 Å². The number of esters is 1. The van der Waals surface area contributed by atoms with Crippen LogP contribution in [0.2, 0.25) is 0 Å². The van der Waals surface area contributed by atoms with E-state index in [1.807, 2.05) is 4.90 Å². The molecule has 8 nitrogen and oxygen atoms in total. The molecule has 1 saturated heterocycles. The summed E-state index contributed by atoms with van der Waals surface area (Å²) in [5.74, 6) is -0.407. The summed E-state index contributed by atoms with van der Waals surface area (Å²) in [5, 5.41) is 4.64. The van der Waals surface area contributed by atoms with Crippen LogP contribution in [0, 0.1) is 5.82 Å². The molecule has 2 aromatic rings. The number of nitrogens with zero attached hydrogens (tertiary/aromatic N) is 5. The largest absolute Gasteiger partial charge is 0.481 e. The summed E-state index contributed by atoms with van der Waals surface area (Å²) < 4.78 is 40.5. The highest BCUT2D eigenvalue weighted by Crippen LogP contribution is 2.41. The number of hydrogen-bond donors (Lipinski definition) is 0. The highest BCUT2D eigenvalue weighted by Gasteiger charge is 2.35. The minimum atomic E-state index is -0.509. The van der Waals surface area contributed by atoms with E-state index in [0.717, 1.165) is 12.6 Å². The SMILES string of the molecule is CCOC(=O)c1cnn2c1C=C(N1CCC[C@@H]1c1cc(F)cnc1OC)N(F)C2. The van der Waals surface area contributed by atoms with Crippen LogP contribution in [0.4, 0.5) is 8.87 Å². The van der Waals surface area contributed by atoms with E-state index in [9.17, 15) is 13.7 Å². The highest BCUT2D eigenvalue weighted by atomic mass is 19.2. The fourth-order valence-corrected chi connectivity index (χ4v) is 3.85. The van der Waals surface area contributed by atoms with Crippen LogP contribution in [-0.4, -0.2) is 51.0 Å². The summed E-state index contributed by atoms with van der Waals surface area (Å²) in [6.07, 6.45) is 5.52. The summed E-state index contributed by atoms with van der Waals surface area (Å²) in [6, 6.07) is 1.06. The fourth-order valence-electron chi connectivity index (χ4n) is 3.85. The molecular weight excluding hydrogens is 384 g/mol. The Bertz CT molecular complexity index is 961. The molecule has 2 aliphatic heterocycles. The summed E-state index contributed by atoms with van der Waals surface area (Å²) in [7, 11) is 1.47. The Hall–Kier alpha value is -3.17. The molecular formula is C19H21F2N5O3. The van der Waals surface area contributed by atoms with Gasteiger partial charge in [0.25, 0.3) is 0 Å². The maximum absolute atomic E-state index is 14.9. The maximum atomic E-state index is 14.9. The molecule has 0 radical (unpaired) electrons. The average Bonchev–Trinajstić information content (AvgIpc) is 3.34. The quantitative estimate of drug-likeness (QED) is 0.559. The number of pyridine rings is 1. The maximum Gasteiger partial charge on any atom is 0.341 e. The number of methoxy groups -OCH3 is 1. The first kappa shape index (κ1) is 19.2. The molecule has 0 N–H and O–H groups in total. The lowest BCUT2D eigenvalue weighted by Gasteiger charge is -2.34. The van der Waals surface area contributed by atoms with Gasteiger partial charge in [0.15, 0.2) is 0 Å². The lowest BCUT2D eigenvalue weighted by Crippen LogP contribution is -2.35. The minimum Gasteiger partial charge on any atom is -0.481 e. The van der Waals surface area contributed by atoms with Crippen LogP contribution < -0.4 is 4.74 Å². The summed E-state index contributed by atoms with van der Waals surface area (Å²) in [4.78, 5) is 18.0. The normalized spacial score (nSPS) is 18.5. The van der Waals surface area contributed by atoms with Gasteiger partial charge in [0.05, 0.1) is 37.8 Å². The number of fused-ring (bicyclic) bond motifs is 1. The van der Waals surface area contributed by atoms with E-state index < -0.39 is 11.8 Å². The van der Waals surface area contributed by atoms with Crippen LogP contribution in [-0.2, 0) is 11.4 Å². The molecule has 0 unspecified atom stereocenters. The molecule has 1 fully saturated rings. The molecule has 4 rings (SSSR count). The Balaban J connectivity index is 1.72. The zero-order chi connectivity index (χ0) is 20.5. The molecule has 0 aromatic carbocycles. The number of halogens is 2. The molecule has 0 saturated carbocycles. The Labute approximate surface area is 166 Å². The topological polar surface area (TPSA) is 72.7 Å². The number of carbonyl (C=O) groups is 1. The highest BCUT2D eigenvalue weighted by molar-refractivity contribution is 5.93. The summed E-state index contributed by atoms with van der Waals surface area (Å²) >= 11 is 0. The van der Waals surface area contributed by atoms with E-state index in [1.54, 1.807) is 13.0 Å². The third kappa shape index (κ3) is 3.39. The van der Waals surface area contributed by atoms with E-state index in [-0.39, 0.29) is 30.7 Å². The van der Waals surface area contributed by atoms with Crippen molar-refractivity contribution >= 4 is 12.0 Å². The second-order valence-corrected chi connectivity index (χ2v) is 6.77. The van der Waals surface area contributed by atoms with Gasteiger partial charge in [-0.3, -0.25) is 0 Å². The van der Waals surface area contributed by atoms with Gasteiger partial charge in [-0.1, -0.05) is 4.48 Å². The molecule has 154 valence electrons. The van der Waals surface area contributed by atoms with Gasteiger partial charge in [0.1, 0.15) is 23.9 Å². The van der Waals surface area contributed by atoms with E-state index in [1.165, 1.54) is 24.1 Å². The molecule has 0 bridgehead atoms. The van der Waals surface area contributed by atoms with Crippen molar-refractivity contribution in [2.24, 2.45) is 0 Å². The number of aromatic nitrogens is 3. The summed E-state index contributed by atoms with van der Waals surface area (Å²) in [6.45, 7) is 2.35. The van der Waals surface area contributed by atoms with E-state index >= 15 is 0 Å². The van der Waals surface area contributed by atoms with Crippen molar-refractivity contribution in [1.82, 2.24) is 24.8 Å². The zero-order valence-electron chi connectivity index (χ0n) is 16.1. The Kier molecular flexibility index (Phi) is 5.08. The standard InChI is InChI=1S/C19H21F2N5O3/c1-3-29-19(27)14-10-23-26-11-25(21)17(8-16(14)26)24-6-4-5-15(24)13-7-12(20)9-22-18(13)28-2/h7-10,15H,3-6,11H2,1-2H3/t15-/m1/s1. The van der Waals surface area contributed by atoms with Gasteiger partial charge in [-0.05, 0) is 25.8 Å². The molecule has 2 aliphatic rings. The zero-order valence-corrected chi connectivity index (χ0v) is 16.1. The molecule has 0 aliphatic carbocycles. The molecule has 1 atom stereocenters. The van der Waals surface area contributed by atoms with Crippen molar-refractivity contribution in [2.45, 2.75) is 32.5 Å².